The van der Waals surface area contributed by atoms with Crippen molar-refractivity contribution in [3.05, 3.63) is 42.4 Å². The van der Waals surface area contributed by atoms with Crippen LogP contribution in [-0.4, -0.2) is 51.0 Å². The summed E-state index contributed by atoms with van der Waals surface area (Å²) in [5.41, 5.74) is 8.11. The number of piperidine rings is 2. The number of nitriles is 1. The van der Waals surface area contributed by atoms with Crippen molar-refractivity contribution in [2.45, 2.75) is 31.9 Å². The van der Waals surface area contributed by atoms with Gasteiger partial charge in [-0.2, -0.15) is 10.4 Å². The largest absolute Gasteiger partial charge is 0.489 e. The maximum Gasteiger partial charge on any atom is 0.138 e. The first-order chi connectivity index (χ1) is 14.8. The van der Waals surface area contributed by atoms with Gasteiger partial charge in [-0.25, -0.2) is 9.50 Å². The minimum atomic E-state index is -0.960. The maximum atomic E-state index is 10.0. The third-order valence-electron chi connectivity index (χ3n) is 6.29. The van der Waals surface area contributed by atoms with E-state index in [2.05, 4.69) is 16.1 Å². The summed E-state index contributed by atoms with van der Waals surface area (Å²) >= 11 is 0. The van der Waals surface area contributed by atoms with Crippen LogP contribution < -0.4 is 15.4 Å². The third kappa shape index (κ3) is 4.73. The van der Waals surface area contributed by atoms with E-state index in [1.165, 1.54) is 6.42 Å². The van der Waals surface area contributed by atoms with Crippen LogP contribution in [0, 0.1) is 23.2 Å². The SMILES string of the molecule is CC(C)(O)COc1cc(-c2ccc(N3C[C@H]4C[C@@H](C3)[C@H]4N)nc2)c2c(C#N)cnn2c1.Cl.Cl. The highest BCUT2D eigenvalue weighted by Gasteiger charge is 2.44. The lowest BCUT2D eigenvalue weighted by molar-refractivity contribution is 0.0283. The van der Waals surface area contributed by atoms with Gasteiger partial charge >= 0.3 is 0 Å². The van der Waals surface area contributed by atoms with E-state index in [9.17, 15) is 10.4 Å². The number of hydrogen-bond donors (Lipinski definition) is 2. The highest BCUT2D eigenvalue weighted by molar-refractivity contribution is 5.86. The van der Waals surface area contributed by atoms with Gasteiger partial charge in [0, 0.05) is 36.5 Å². The molecule has 5 heterocycles. The Balaban J connectivity index is 0.00000153. The maximum absolute atomic E-state index is 10.0. The van der Waals surface area contributed by atoms with Gasteiger partial charge in [0.1, 0.15) is 24.2 Å². The number of hydrogen-bond acceptors (Lipinski definition) is 7. The van der Waals surface area contributed by atoms with Crippen molar-refractivity contribution >= 4 is 36.1 Å². The molecule has 176 valence electrons. The Morgan fingerprint density at radius 1 is 1.24 bits per heavy atom. The van der Waals surface area contributed by atoms with Crippen LogP contribution >= 0.6 is 24.8 Å². The Hall–Kier alpha value is -2.57. The van der Waals surface area contributed by atoms with Crippen LogP contribution in [0.1, 0.15) is 25.8 Å². The third-order valence-corrected chi connectivity index (χ3v) is 6.29. The van der Waals surface area contributed by atoms with Gasteiger partial charge in [0.15, 0.2) is 0 Å². The molecule has 0 amide bonds. The van der Waals surface area contributed by atoms with Crippen molar-refractivity contribution in [3.8, 4) is 22.9 Å². The first kappa shape index (κ1) is 25.1. The number of fused-ring (bicyclic) bond motifs is 3. The first-order valence-corrected chi connectivity index (χ1v) is 10.6. The Morgan fingerprint density at radius 2 is 1.97 bits per heavy atom. The quantitative estimate of drug-likeness (QED) is 0.564. The molecule has 0 radical (unpaired) electrons. The Kier molecular flexibility index (Phi) is 7.10. The zero-order valence-electron chi connectivity index (χ0n) is 18.5. The lowest BCUT2D eigenvalue weighted by atomic mass is 9.67. The molecule has 3 aromatic rings. The fourth-order valence-electron chi connectivity index (χ4n) is 4.58. The fraction of sp³-hybridized carbons (Fsp3) is 0.435. The predicted octanol–water partition coefficient (Wildman–Crippen LogP) is 3.04. The molecule has 3 fully saturated rings. The van der Waals surface area contributed by atoms with Crippen LogP contribution in [0.15, 0.2) is 36.8 Å². The van der Waals surface area contributed by atoms with Gasteiger partial charge in [0.2, 0.25) is 0 Å². The van der Waals surface area contributed by atoms with Crippen LogP contribution in [0.25, 0.3) is 16.6 Å². The standard InChI is InChI=1S/C23H26N6O2.2ClH/c1-23(2,30)13-31-18-6-19(22-17(7-24)9-27-29(22)12-18)14-3-4-20(26-8-14)28-10-15-5-16(11-28)21(15)25;;/h3-4,6,8-9,12,15-16,21,30H,5,10-11,13,25H2,1-2H3;2*1H/t15-,16+,21+;;. The van der Waals surface area contributed by atoms with E-state index < -0.39 is 5.60 Å². The number of aliphatic hydroxyl groups is 1. The summed E-state index contributed by atoms with van der Waals surface area (Å²) in [6.07, 6.45) is 6.32. The summed E-state index contributed by atoms with van der Waals surface area (Å²) in [5, 5.41) is 23.8. The number of rotatable bonds is 5. The van der Waals surface area contributed by atoms with Crippen molar-refractivity contribution < 1.29 is 9.84 Å². The van der Waals surface area contributed by atoms with Crippen molar-refractivity contribution in [3.63, 3.8) is 0 Å². The highest BCUT2D eigenvalue weighted by atomic mass is 35.5. The molecule has 10 heteroatoms. The number of anilines is 1. The minimum Gasteiger partial charge on any atom is -0.489 e. The molecule has 6 rings (SSSR count). The van der Waals surface area contributed by atoms with E-state index in [4.69, 9.17) is 15.5 Å². The summed E-state index contributed by atoms with van der Waals surface area (Å²) < 4.78 is 7.43. The molecular weight excluding hydrogens is 463 g/mol. The van der Waals surface area contributed by atoms with Crippen LogP contribution in [0.3, 0.4) is 0 Å². The number of nitrogens with zero attached hydrogens (tertiary/aromatic N) is 5. The van der Waals surface area contributed by atoms with E-state index in [1.807, 2.05) is 24.4 Å². The number of halogens is 2. The van der Waals surface area contributed by atoms with Gasteiger partial charge in [-0.3, -0.25) is 0 Å². The molecule has 2 aliphatic heterocycles. The molecule has 3 aromatic heterocycles. The van der Waals surface area contributed by atoms with Gasteiger partial charge in [-0.15, -0.1) is 24.8 Å². The lowest BCUT2D eigenvalue weighted by Gasteiger charge is -2.52. The topological polar surface area (TPSA) is 113 Å². The van der Waals surface area contributed by atoms with Crippen LogP contribution in [-0.2, 0) is 0 Å². The summed E-state index contributed by atoms with van der Waals surface area (Å²) in [5.74, 6) is 2.64. The van der Waals surface area contributed by atoms with Crippen LogP contribution in [0.4, 0.5) is 5.82 Å². The van der Waals surface area contributed by atoms with Gasteiger partial charge in [0.25, 0.3) is 0 Å². The zero-order valence-corrected chi connectivity index (χ0v) is 20.1. The number of ether oxygens (including phenoxy) is 1. The zero-order chi connectivity index (χ0) is 21.8. The average Bonchev–Trinajstić information content (AvgIpc) is 3.19. The molecule has 3 aliphatic rings. The molecule has 3 N–H and O–H groups in total. The number of pyridine rings is 2. The van der Waals surface area contributed by atoms with Crippen molar-refractivity contribution in [1.82, 2.24) is 14.6 Å². The van der Waals surface area contributed by atoms with Crippen molar-refractivity contribution in [1.29, 1.82) is 5.26 Å². The second kappa shape index (κ2) is 9.35. The second-order valence-corrected chi connectivity index (χ2v) is 9.30. The number of nitrogens with two attached hydrogens (primary N) is 1. The second-order valence-electron chi connectivity index (χ2n) is 9.30. The Bertz CT molecular complexity index is 1160. The summed E-state index contributed by atoms with van der Waals surface area (Å²) in [6, 6.07) is 8.46. The fourth-order valence-corrected chi connectivity index (χ4v) is 4.58. The van der Waals surface area contributed by atoms with Crippen molar-refractivity contribution in [2.24, 2.45) is 17.6 Å². The molecule has 0 spiro atoms. The summed E-state index contributed by atoms with van der Waals surface area (Å²) in [6.45, 7) is 5.43. The summed E-state index contributed by atoms with van der Waals surface area (Å²) in [4.78, 5) is 7.02. The van der Waals surface area contributed by atoms with E-state index in [1.54, 1.807) is 30.8 Å². The first-order valence-electron chi connectivity index (χ1n) is 10.6. The van der Waals surface area contributed by atoms with Gasteiger partial charge in [-0.1, -0.05) is 0 Å². The molecule has 8 nitrogen and oxygen atoms in total. The molecule has 2 saturated heterocycles. The molecule has 2 bridgehead atoms. The molecule has 1 aliphatic carbocycles. The molecule has 33 heavy (non-hydrogen) atoms. The monoisotopic (exact) mass is 490 g/mol. The minimum absolute atomic E-state index is 0. The Morgan fingerprint density at radius 3 is 2.55 bits per heavy atom. The van der Waals surface area contributed by atoms with E-state index >= 15 is 0 Å². The molecule has 0 aromatic carbocycles. The van der Waals surface area contributed by atoms with Gasteiger partial charge < -0.3 is 20.5 Å². The average molecular weight is 491 g/mol. The smallest absolute Gasteiger partial charge is 0.138 e. The Labute approximate surface area is 205 Å². The lowest BCUT2D eigenvalue weighted by Crippen LogP contribution is -2.62. The predicted molar refractivity (Wildman–Crippen MR) is 131 cm³/mol. The van der Waals surface area contributed by atoms with Gasteiger partial charge in [-0.05, 0) is 50.3 Å². The van der Waals surface area contributed by atoms with Crippen LogP contribution in [0.5, 0.6) is 5.75 Å². The molecular formula is C23H28Cl2N6O2. The van der Waals surface area contributed by atoms with E-state index in [0.717, 1.165) is 30.0 Å². The molecule has 1 saturated carbocycles. The van der Waals surface area contributed by atoms with Gasteiger partial charge in [0.05, 0.1) is 29.1 Å². The molecule has 0 unspecified atom stereocenters. The van der Waals surface area contributed by atoms with E-state index in [-0.39, 0.29) is 31.4 Å². The normalized spacial score (nSPS) is 21.4. The molecule has 3 atom stereocenters. The summed E-state index contributed by atoms with van der Waals surface area (Å²) in [7, 11) is 0. The number of aromatic nitrogens is 3. The highest BCUT2D eigenvalue weighted by Crippen LogP contribution is 2.40. The van der Waals surface area contributed by atoms with E-state index in [0.29, 0.717) is 34.7 Å². The van der Waals surface area contributed by atoms with Crippen molar-refractivity contribution in [2.75, 3.05) is 24.6 Å². The van der Waals surface area contributed by atoms with Crippen LogP contribution in [0.2, 0.25) is 0 Å².